The van der Waals surface area contributed by atoms with Gasteiger partial charge < -0.3 is 10.2 Å². The molecule has 23 heavy (non-hydrogen) atoms. The lowest BCUT2D eigenvalue weighted by atomic mass is 9.80. The van der Waals surface area contributed by atoms with E-state index in [0.717, 1.165) is 31.5 Å². The molecule has 0 atom stereocenters. The smallest absolute Gasteiger partial charge is 0.168 e. The van der Waals surface area contributed by atoms with Crippen LogP contribution in [0.5, 0.6) is 0 Å². The Bertz CT molecular complexity index is 495. The van der Waals surface area contributed by atoms with E-state index >= 15 is 0 Å². The average Bonchev–Trinajstić information content (AvgIpc) is 2.49. The predicted octanol–water partition coefficient (Wildman–Crippen LogP) is 2.65. The lowest BCUT2D eigenvalue weighted by molar-refractivity contribution is -0.124. The van der Waals surface area contributed by atoms with Gasteiger partial charge in [-0.1, -0.05) is 31.4 Å². The molecule has 126 valence electrons. The van der Waals surface area contributed by atoms with Crippen LogP contribution >= 0.6 is 0 Å². The van der Waals surface area contributed by atoms with E-state index in [0.29, 0.717) is 18.4 Å². The molecule has 1 saturated carbocycles. The summed E-state index contributed by atoms with van der Waals surface area (Å²) in [5.41, 5.74) is 1.20. The third-order valence-electron chi connectivity index (χ3n) is 3.90. The summed E-state index contributed by atoms with van der Waals surface area (Å²) in [6.45, 7) is 9.21. The number of carbonyl (C=O) groups is 2. The van der Waals surface area contributed by atoms with Crippen LogP contribution in [0.4, 0.5) is 0 Å². The first-order valence-corrected chi connectivity index (χ1v) is 8.09. The van der Waals surface area contributed by atoms with Crippen molar-refractivity contribution in [2.45, 2.75) is 25.7 Å². The molecule has 1 N–H and O–H groups in total. The van der Waals surface area contributed by atoms with E-state index in [4.69, 9.17) is 0 Å². The summed E-state index contributed by atoms with van der Waals surface area (Å²) in [5.74, 6) is -0.268. The van der Waals surface area contributed by atoms with Crippen molar-refractivity contribution in [1.82, 2.24) is 10.2 Å². The van der Waals surface area contributed by atoms with Crippen LogP contribution in [0.15, 0.2) is 48.7 Å². The van der Waals surface area contributed by atoms with Crippen molar-refractivity contribution in [2.24, 2.45) is 5.92 Å². The fourth-order valence-electron chi connectivity index (χ4n) is 2.63. The van der Waals surface area contributed by atoms with E-state index in [2.05, 4.69) is 23.4 Å². The zero-order chi connectivity index (χ0) is 17.2. The molecule has 0 radical (unpaired) electrons. The SMILES string of the molecule is C=C/C=C(\C=C)C1CC(=O)C(=CNCCCCN(C)C)C(=O)C1. The largest absolute Gasteiger partial charge is 0.390 e. The Labute approximate surface area is 139 Å². The molecule has 0 saturated heterocycles. The van der Waals surface area contributed by atoms with E-state index in [9.17, 15) is 9.59 Å². The number of nitrogens with zero attached hydrogens (tertiary/aromatic N) is 1. The molecule has 1 aliphatic rings. The Kier molecular flexibility index (Phi) is 8.27. The number of carbonyl (C=O) groups excluding carboxylic acids is 2. The van der Waals surface area contributed by atoms with Crippen LogP contribution in [0.1, 0.15) is 25.7 Å². The third-order valence-corrected chi connectivity index (χ3v) is 3.90. The van der Waals surface area contributed by atoms with Crippen LogP contribution in [-0.4, -0.2) is 43.7 Å². The number of nitrogens with one attached hydrogen (secondary N) is 1. The Morgan fingerprint density at radius 3 is 2.39 bits per heavy atom. The topological polar surface area (TPSA) is 49.4 Å². The fourth-order valence-corrected chi connectivity index (χ4v) is 2.63. The van der Waals surface area contributed by atoms with Crippen molar-refractivity contribution in [2.75, 3.05) is 27.2 Å². The minimum absolute atomic E-state index is 0.0808. The van der Waals surface area contributed by atoms with E-state index in [1.807, 2.05) is 20.2 Å². The van der Waals surface area contributed by atoms with Gasteiger partial charge in [0.2, 0.25) is 0 Å². The first-order chi connectivity index (χ1) is 11.0. The predicted molar refractivity (Wildman–Crippen MR) is 95.1 cm³/mol. The van der Waals surface area contributed by atoms with Crippen LogP contribution in [0.3, 0.4) is 0 Å². The Morgan fingerprint density at radius 1 is 1.22 bits per heavy atom. The summed E-state index contributed by atoms with van der Waals surface area (Å²) in [6, 6.07) is 0. The highest BCUT2D eigenvalue weighted by molar-refractivity contribution is 6.22. The lowest BCUT2D eigenvalue weighted by Crippen LogP contribution is -2.28. The summed E-state index contributed by atoms with van der Waals surface area (Å²) >= 11 is 0. The number of rotatable bonds is 9. The molecule has 0 aromatic rings. The van der Waals surface area contributed by atoms with Gasteiger partial charge in [0.05, 0.1) is 5.57 Å². The molecule has 0 aromatic carbocycles. The highest BCUT2D eigenvalue weighted by Crippen LogP contribution is 2.29. The molecule has 0 spiro atoms. The second-order valence-electron chi connectivity index (χ2n) is 6.08. The van der Waals surface area contributed by atoms with Crippen molar-refractivity contribution in [1.29, 1.82) is 0 Å². The molecule has 0 aromatic heterocycles. The molecule has 0 aliphatic heterocycles. The second kappa shape index (κ2) is 9.95. The van der Waals surface area contributed by atoms with Crippen LogP contribution in [-0.2, 0) is 9.59 Å². The van der Waals surface area contributed by atoms with Gasteiger partial charge in [0.1, 0.15) is 0 Å². The van der Waals surface area contributed by atoms with Crippen LogP contribution in [0, 0.1) is 5.92 Å². The van der Waals surface area contributed by atoms with Gasteiger partial charge in [-0.15, -0.1) is 0 Å². The van der Waals surface area contributed by atoms with Gasteiger partial charge in [-0.2, -0.15) is 0 Å². The normalized spacial score (nSPS) is 19.0. The monoisotopic (exact) mass is 316 g/mol. The average molecular weight is 316 g/mol. The standard InChI is InChI=1S/C19H28N2O2/c1-5-9-15(6-2)16-12-18(22)17(19(23)13-16)14-20-10-7-8-11-21(3)4/h5-6,9,14,16,20H,1-2,7-8,10-13H2,3-4H3/b15-9+,17-14?. The third kappa shape index (κ3) is 6.37. The number of unbranched alkanes of at least 4 members (excludes halogenated alkanes) is 1. The molecule has 0 unspecified atom stereocenters. The maximum absolute atomic E-state index is 12.2. The van der Waals surface area contributed by atoms with Crippen LogP contribution in [0.25, 0.3) is 0 Å². The van der Waals surface area contributed by atoms with Crippen molar-refractivity contribution in [3.8, 4) is 0 Å². The number of allylic oxidation sites excluding steroid dienone is 5. The molecule has 0 amide bonds. The molecule has 0 heterocycles. The van der Waals surface area contributed by atoms with E-state index in [1.54, 1.807) is 18.4 Å². The van der Waals surface area contributed by atoms with Gasteiger partial charge >= 0.3 is 0 Å². The lowest BCUT2D eigenvalue weighted by Gasteiger charge is -2.23. The fraction of sp³-hybridized carbons (Fsp3) is 0.474. The van der Waals surface area contributed by atoms with Gasteiger partial charge in [0.25, 0.3) is 0 Å². The number of Topliss-reactive ketones (excluding diaryl/α,β-unsaturated/α-hetero) is 2. The van der Waals surface area contributed by atoms with Gasteiger partial charge in [0, 0.05) is 25.6 Å². The number of hydrogen-bond donors (Lipinski definition) is 1. The summed E-state index contributed by atoms with van der Waals surface area (Å²) < 4.78 is 0. The Balaban J connectivity index is 2.54. The van der Waals surface area contributed by atoms with Crippen molar-refractivity contribution >= 4 is 11.6 Å². The molecule has 1 rings (SSSR count). The summed E-state index contributed by atoms with van der Waals surface area (Å²) in [5, 5.41) is 3.10. The highest BCUT2D eigenvalue weighted by Gasteiger charge is 2.31. The molecular formula is C19H28N2O2. The van der Waals surface area contributed by atoms with Gasteiger partial charge in [-0.3, -0.25) is 9.59 Å². The Morgan fingerprint density at radius 2 is 1.87 bits per heavy atom. The number of hydrogen-bond acceptors (Lipinski definition) is 4. The van der Waals surface area contributed by atoms with Crippen molar-refractivity contribution in [3.63, 3.8) is 0 Å². The minimum atomic E-state index is -0.0937. The van der Waals surface area contributed by atoms with Crippen LogP contribution in [0.2, 0.25) is 0 Å². The quantitative estimate of drug-likeness (QED) is 0.307. The van der Waals surface area contributed by atoms with Gasteiger partial charge in [0.15, 0.2) is 11.6 Å². The van der Waals surface area contributed by atoms with E-state index in [-0.39, 0.29) is 17.5 Å². The molecule has 4 heteroatoms. The van der Waals surface area contributed by atoms with E-state index < -0.39 is 0 Å². The van der Waals surface area contributed by atoms with E-state index in [1.165, 1.54) is 0 Å². The number of ketones is 2. The molecular weight excluding hydrogens is 288 g/mol. The zero-order valence-corrected chi connectivity index (χ0v) is 14.3. The highest BCUT2D eigenvalue weighted by atomic mass is 16.1. The molecule has 0 bridgehead atoms. The van der Waals surface area contributed by atoms with Gasteiger partial charge in [-0.05, 0) is 45.0 Å². The summed E-state index contributed by atoms with van der Waals surface area (Å²) in [4.78, 5) is 26.6. The summed E-state index contributed by atoms with van der Waals surface area (Å²) in [7, 11) is 4.09. The first-order valence-electron chi connectivity index (χ1n) is 8.09. The molecule has 1 fully saturated rings. The Hall–Kier alpha value is -1.94. The summed E-state index contributed by atoms with van der Waals surface area (Å²) in [6.07, 6.45) is 9.57. The molecule has 4 nitrogen and oxygen atoms in total. The maximum atomic E-state index is 12.2. The van der Waals surface area contributed by atoms with Crippen molar-refractivity contribution < 1.29 is 9.59 Å². The van der Waals surface area contributed by atoms with Crippen molar-refractivity contribution in [3.05, 3.63) is 48.7 Å². The van der Waals surface area contributed by atoms with Gasteiger partial charge in [-0.25, -0.2) is 0 Å². The first kappa shape index (κ1) is 19.1. The molecule has 1 aliphatic carbocycles. The van der Waals surface area contributed by atoms with Crippen LogP contribution < -0.4 is 5.32 Å². The minimum Gasteiger partial charge on any atom is -0.390 e. The zero-order valence-electron chi connectivity index (χ0n) is 14.3. The maximum Gasteiger partial charge on any atom is 0.168 e. The second-order valence-corrected chi connectivity index (χ2v) is 6.08.